The highest BCUT2D eigenvalue weighted by Crippen LogP contribution is 2.50. The lowest BCUT2D eigenvalue weighted by Crippen LogP contribution is -2.48. The molecule has 1 fully saturated rings. The molecular weight excluding hydrogens is 587 g/mol. The van der Waals surface area contributed by atoms with Gasteiger partial charge in [0.1, 0.15) is 12.1 Å². The van der Waals surface area contributed by atoms with Crippen LogP contribution >= 0.6 is 0 Å². The summed E-state index contributed by atoms with van der Waals surface area (Å²) in [6.07, 6.45) is 1.22. The van der Waals surface area contributed by atoms with Crippen LogP contribution in [0.25, 0.3) is 38.6 Å². The Morgan fingerprint density at radius 2 is 1.33 bits per heavy atom. The third-order valence-corrected chi connectivity index (χ3v) is 10.3. The zero-order valence-corrected chi connectivity index (χ0v) is 26.2. The van der Waals surface area contributed by atoms with Crippen molar-refractivity contribution in [2.45, 2.75) is 24.4 Å². The topological polar surface area (TPSA) is 67.8 Å². The maximum absolute atomic E-state index is 9.52. The van der Waals surface area contributed by atoms with E-state index in [9.17, 15) is 10.5 Å². The van der Waals surface area contributed by atoms with E-state index < -0.39 is 0 Å². The molecule has 3 heterocycles. The van der Waals surface area contributed by atoms with Gasteiger partial charge in [-0.05, 0) is 95.3 Å². The quantitative estimate of drug-likeness (QED) is 0.214. The van der Waals surface area contributed by atoms with Crippen molar-refractivity contribution < 1.29 is 0 Å². The zero-order valence-electron chi connectivity index (χ0n) is 26.2. The van der Waals surface area contributed by atoms with Crippen LogP contribution in [0.3, 0.4) is 0 Å². The molecule has 0 amide bonds. The summed E-state index contributed by atoms with van der Waals surface area (Å²) < 4.78 is 2.38. The third-order valence-electron chi connectivity index (χ3n) is 10.3. The van der Waals surface area contributed by atoms with Crippen molar-refractivity contribution in [2.75, 3.05) is 11.4 Å². The molecule has 3 atom stereocenters. The number of para-hydroxylation sites is 3. The van der Waals surface area contributed by atoms with Crippen molar-refractivity contribution in [3.63, 3.8) is 0 Å². The number of nitrogens with zero attached hydrogens (tertiary/aromatic N) is 4. The van der Waals surface area contributed by atoms with Crippen molar-refractivity contribution in [1.29, 1.82) is 10.5 Å². The first kappa shape index (κ1) is 28.1. The van der Waals surface area contributed by atoms with E-state index in [1.54, 1.807) is 12.1 Å². The second-order valence-electron chi connectivity index (χ2n) is 12.8. The molecule has 1 saturated heterocycles. The number of rotatable bonds is 4. The summed E-state index contributed by atoms with van der Waals surface area (Å²) in [4.78, 5) is 2.45. The highest BCUT2D eigenvalue weighted by Gasteiger charge is 2.43. The molecule has 6 aromatic carbocycles. The number of aromatic nitrogens is 1. The van der Waals surface area contributed by atoms with Gasteiger partial charge in [-0.25, -0.2) is 0 Å². The molecule has 7 aromatic rings. The van der Waals surface area contributed by atoms with Gasteiger partial charge in [-0.3, -0.25) is 5.32 Å². The fourth-order valence-corrected chi connectivity index (χ4v) is 8.04. The van der Waals surface area contributed by atoms with Crippen molar-refractivity contribution in [2.24, 2.45) is 0 Å². The van der Waals surface area contributed by atoms with Gasteiger partial charge in [0.2, 0.25) is 0 Å². The SMILES string of the molecule is N#Cc1ccc(-c2ccc(N3c4ccccc4C4CC(c5ccc6c(c5)c5ccccc5n6-c5ccccc5)CNC43)cc2)cc1C#N. The molecule has 228 valence electrons. The largest absolute Gasteiger partial charge is 0.325 e. The fourth-order valence-electron chi connectivity index (χ4n) is 8.04. The molecule has 5 heteroatoms. The second kappa shape index (κ2) is 11.3. The summed E-state index contributed by atoms with van der Waals surface area (Å²) in [7, 11) is 0. The first-order valence-corrected chi connectivity index (χ1v) is 16.5. The van der Waals surface area contributed by atoms with Crippen LogP contribution in [0, 0.1) is 22.7 Å². The molecule has 0 saturated carbocycles. The predicted molar refractivity (Wildman–Crippen MR) is 193 cm³/mol. The molecule has 2 aliphatic heterocycles. The predicted octanol–water partition coefficient (Wildman–Crippen LogP) is 9.53. The molecule has 0 spiro atoms. The normalized spacial score (nSPS) is 18.3. The Hall–Kier alpha value is -6.14. The van der Waals surface area contributed by atoms with Gasteiger partial charge in [-0.2, -0.15) is 10.5 Å². The number of anilines is 2. The van der Waals surface area contributed by atoms with E-state index in [2.05, 4.69) is 148 Å². The van der Waals surface area contributed by atoms with Crippen molar-refractivity contribution in [1.82, 2.24) is 9.88 Å². The Kier molecular flexibility index (Phi) is 6.61. The summed E-state index contributed by atoms with van der Waals surface area (Å²) in [5, 5.41) is 25.4. The van der Waals surface area contributed by atoms with Crippen molar-refractivity contribution >= 4 is 33.2 Å². The molecule has 48 heavy (non-hydrogen) atoms. The lowest BCUT2D eigenvalue weighted by Gasteiger charge is -2.38. The number of nitriles is 2. The third kappa shape index (κ3) is 4.41. The summed E-state index contributed by atoms with van der Waals surface area (Å²) in [5.74, 6) is 0.730. The van der Waals surface area contributed by atoms with Crippen LogP contribution in [0.5, 0.6) is 0 Å². The maximum atomic E-state index is 9.52. The van der Waals surface area contributed by atoms with E-state index >= 15 is 0 Å². The lowest BCUT2D eigenvalue weighted by molar-refractivity contribution is 0.341. The van der Waals surface area contributed by atoms with Crippen LogP contribution in [0.1, 0.15) is 40.5 Å². The number of nitrogens with one attached hydrogen (secondary N) is 1. The molecule has 3 unspecified atom stereocenters. The Morgan fingerprint density at radius 1 is 0.604 bits per heavy atom. The smallest absolute Gasteiger partial charge is 0.101 e. The van der Waals surface area contributed by atoms with Gasteiger partial charge in [-0.1, -0.05) is 78.9 Å². The minimum absolute atomic E-state index is 0.160. The van der Waals surface area contributed by atoms with Gasteiger partial charge in [0.15, 0.2) is 0 Å². The number of hydrogen-bond acceptors (Lipinski definition) is 4. The van der Waals surface area contributed by atoms with Gasteiger partial charge in [0, 0.05) is 40.3 Å². The van der Waals surface area contributed by atoms with Crippen molar-refractivity contribution in [3.8, 4) is 29.0 Å². The van der Waals surface area contributed by atoms with E-state index in [1.807, 2.05) is 6.07 Å². The zero-order chi connectivity index (χ0) is 32.2. The summed E-state index contributed by atoms with van der Waals surface area (Å²) in [5.41, 5.74) is 11.5. The van der Waals surface area contributed by atoms with E-state index in [0.717, 1.165) is 29.8 Å². The molecule has 5 nitrogen and oxygen atoms in total. The standard InChI is InChI=1S/C43H31N5/c44-25-31-15-14-29(22-32(31)26-45)28-16-19-35(20-17-28)48-41-13-7-5-11-37(41)39-24-33(27-46-43(39)48)30-18-21-42-38(23-30)36-10-4-6-12-40(36)47(42)34-8-2-1-3-9-34/h1-23,33,39,43,46H,24,27H2. The van der Waals surface area contributed by atoms with Gasteiger partial charge in [-0.15, -0.1) is 0 Å². The molecule has 1 N–H and O–H groups in total. The number of hydrogen-bond donors (Lipinski definition) is 1. The Bertz CT molecular complexity index is 2430. The van der Waals surface area contributed by atoms with E-state index in [1.165, 1.54) is 44.3 Å². The van der Waals surface area contributed by atoms with Gasteiger partial charge < -0.3 is 9.47 Å². The van der Waals surface area contributed by atoms with Gasteiger partial charge in [0.05, 0.1) is 28.3 Å². The molecule has 0 radical (unpaired) electrons. The van der Waals surface area contributed by atoms with E-state index in [-0.39, 0.29) is 6.17 Å². The minimum Gasteiger partial charge on any atom is -0.325 e. The van der Waals surface area contributed by atoms with Crippen LogP contribution in [-0.2, 0) is 0 Å². The van der Waals surface area contributed by atoms with E-state index in [0.29, 0.717) is 23.0 Å². The Labute approximate surface area is 279 Å². The molecular formula is C43H31N5. The summed E-state index contributed by atoms with van der Waals surface area (Å²) >= 11 is 0. The Balaban J connectivity index is 1.04. The van der Waals surface area contributed by atoms with E-state index in [4.69, 9.17) is 0 Å². The second-order valence-corrected chi connectivity index (χ2v) is 12.8. The van der Waals surface area contributed by atoms with Crippen LogP contribution in [0.15, 0.2) is 140 Å². The Morgan fingerprint density at radius 3 is 2.17 bits per heavy atom. The van der Waals surface area contributed by atoms with Crippen LogP contribution < -0.4 is 10.2 Å². The maximum Gasteiger partial charge on any atom is 0.101 e. The van der Waals surface area contributed by atoms with Crippen molar-refractivity contribution in [3.05, 3.63) is 162 Å². The average Bonchev–Trinajstić information content (AvgIpc) is 3.67. The molecule has 0 bridgehead atoms. The van der Waals surface area contributed by atoms with Crippen LogP contribution in [0.4, 0.5) is 11.4 Å². The number of benzene rings is 6. The highest BCUT2D eigenvalue weighted by atomic mass is 15.3. The van der Waals surface area contributed by atoms with Crippen LogP contribution in [0.2, 0.25) is 0 Å². The molecule has 1 aromatic heterocycles. The van der Waals surface area contributed by atoms with Gasteiger partial charge >= 0.3 is 0 Å². The molecule has 9 rings (SSSR count). The average molecular weight is 618 g/mol. The molecule has 2 aliphatic rings. The molecule has 0 aliphatic carbocycles. The monoisotopic (exact) mass is 617 g/mol. The fraction of sp³-hybridized carbons (Fsp3) is 0.116. The first-order chi connectivity index (χ1) is 23.7. The highest BCUT2D eigenvalue weighted by molar-refractivity contribution is 6.09. The summed E-state index contributed by atoms with van der Waals surface area (Å²) in [6.45, 7) is 0.898. The number of fused-ring (bicyclic) bond motifs is 6. The van der Waals surface area contributed by atoms with Crippen LogP contribution in [-0.4, -0.2) is 17.3 Å². The summed E-state index contributed by atoms with van der Waals surface area (Å²) in [6, 6.07) is 53.5. The van der Waals surface area contributed by atoms with Gasteiger partial charge in [0.25, 0.3) is 0 Å². The number of piperidine rings is 1. The first-order valence-electron chi connectivity index (χ1n) is 16.5. The minimum atomic E-state index is 0.160. The lowest BCUT2D eigenvalue weighted by atomic mass is 9.81.